The van der Waals surface area contributed by atoms with Gasteiger partial charge in [-0.25, -0.2) is 0 Å². The fourth-order valence-electron chi connectivity index (χ4n) is 3.75. The quantitative estimate of drug-likeness (QED) is 0.285. The second kappa shape index (κ2) is 16.0. The van der Waals surface area contributed by atoms with Crippen molar-refractivity contribution >= 4 is 46.2 Å². The highest BCUT2D eigenvalue weighted by Crippen LogP contribution is 2.34. The van der Waals surface area contributed by atoms with Crippen molar-refractivity contribution in [2.24, 2.45) is 0 Å². The van der Waals surface area contributed by atoms with Crippen LogP contribution in [0.3, 0.4) is 0 Å². The second-order valence-corrected chi connectivity index (χ2v) is 19.2. The summed E-state index contributed by atoms with van der Waals surface area (Å²) in [5.41, 5.74) is 0. The fourth-order valence-corrected chi connectivity index (χ4v) is 14.2. The summed E-state index contributed by atoms with van der Waals surface area (Å²) < 4.78 is 0. The van der Waals surface area contributed by atoms with Crippen LogP contribution >= 0.6 is 0 Å². The molecule has 0 aliphatic rings. The number of hydrogen-bond donors (Lipinski definition) is 0. The Bertz CT molecular complexity index is 165. The SMILES string of the molecule is C[SiH2]CCC[Si](CCC[SiH2]C)(CCC[SiH2]C)CCC[SiH2]C. The maximum absolute atomic E-state index is 2.51. The van der Waals surface area contributed by atoms with Crippen molar-refractivity contribution in [2.75, 3.05) is 0 Å². The van der Waals surface area contributed by atoms with Gasteiger partial charge in [0.2, 0.25) is 0 Å². The number of hydrogen-bond acceptors (Lipinski definition) is 0. The molecule has 0 spiro atoms. The Hall–Kier alpha value is 1.08. The van der Waals surface area contributed by atoms with Gasteiger partial charge in [0.05, 0.1) is 8.07 Å². The predicted molar refractivity (Wildman–Crippen MR) is 120 cm³/mol. The van der Waals surface area contributed by atoms with E-state index < -0.39 is 8.07 Å². The van der Waals surface area contributed by atoms with Crippen LogP contribution in [0.25, 0.3) is 0 Å². The van der Waals surface area contributed by atoms with E-state index in [1.807, 2.05) is 0 Å². The largest absolute Gasteiger partial charge is 0.0748 e. The van der Waals surface area contributed by atoms with Crippen LogP contribution in [0.15, 0.2) is 0 Å². The first-order valence-corrected chi connectivity index (χ1v) is 22.7. The Morgan fingerprint density at radius 1 is 0.476 bits per heavy atom. The lowest BCUT2D eigenvalue weighted by molar-refractivity contribution is 0.875. The zero-order chi connectivity index (χ0) is 15.8. The molecule has 0 aromatic heterocycles. The van der Waals surface area contributed by atoms with Gasteiger partial charge in [-0.05, 0) is 0 Å². The topological polar surface area (TPSA) is 0 Å². The van der Waals surface area contributed by atoms with Crippen LogP contribution in [0.1, 0.15) is 25.7 Å². The van der Waals surface area contributed by atoms with E-state index >= 15 is 0 Å². The molecule has 5 heteroatoms. The summed E-state index contributed by atoms with van der Waals surface area (Å²) in [6.45, 7) is 10.0. The molecule has 0 heterocycles. The lowest BCUT2D eigenvalue weighted by Crippen LogP contribution is -2.34. The van der Waals surface area contributed by atoms with Crippen molar-refractivity contribution in [2.45, 2.75) is 100 Å². The van der Waals surface area contributed by atoms with Gasteiger partial charge in [0, 0.05) is 38.1 Å². The maximum atomic E-state index is 2.51. The molecule has 0 saturated heterocycles. The minimum absolute atomic E-state index is 0.317. The predicted octanol–water partition coefficient (Wildman–Crippen LogP) is 3.54. The third-order valence-corrected chi connectivity index (χ3v) is 15.7. The average molecular weight is 377 g/mol. The average Bonchev–Trinajstić information content (AvgIpc) is 2.48. The lowest BCUT2D eigenvalue weighted by atomic mass is 10.5. The molecule has 0 saturated carbocycles. The van der Waals surface area contributed by atoms with Gasteiger partial charge in [0.1, 0.15) is 0 Å². The summed E-state index contributed by atoms with van der Waals surface area (Å²) >= 11 is 0. The van der Waals surface area contributed by atoms with E-state index in [1.54, 1.807) is 74.0 Å². The summed E-state index contributed by atoms with van der Waals surface area (Å²) in [5.74, 6) is 0. The first kappa shape index (κ1) is 22.1. The summed E-state index contributed by atoms with van der Waals surface area (Å²) in [7, 11) is 0.413. The van der Waals surface area contributed by atoms with E-state index in [9.17, 15) is 0 Å². The van der Waals surface area contributed by atoms with Gasteiger partial charge in [-0.15, -0.1) is 0 Å². The van der Waals surface area contributed by atoms with E-state index in [0.29, 0.717) is 38.1 Å². The molecule has 21 heavy (non-hydrogen) atoms. The van der Waals surface area contributed by atoms with Crippen molar-refractivity contribution in [1.29, 1.82) is 0 Å². The first-order chi connectivity index (χ1) is 10.2. The highest BCUT2D eigenvalue weighted by molar-refractivity contribution is 6.80. The monoisotopic (exact) mass is 376 g/mol. The highest BCUT2D eigenvalue weighted by Gasteiger charge is 2.30. The van der Waals surface area contributed by atoms with Gasteiger partial charge in [-0.2, -0.15) is 0 Å². The molecule has 0 radical (unpaired) electrons. The van der Waals surface area contributed by atoms with Gasteiger partial charge in [0.25, 0.3) is 0 Å². The van der Waals surface area contributed by atoms with Crippen LogP contribution in [-0.4, -0.2) is 46.2 Å². The molecule has 0 atom stereocenters. The molecule has 0 amide bonds. The summed E-state index contributed by atoms with van der Waals surface area (Å²) in [6, 6.07) is 13.5. The third-order valence-electron chi connectivity index (χ3n) is 5.24. The van der Waals surface area contributed by atoms with Gasteiger partial charge in [-0.3, -0.25) is 0 Å². The Kier molecular flexibility index (Phi) is 16.8. The van der Waals surface area contributed by atoms with Crippen molar-refractivity contribution in [3.63, 3.8) is 0 Å². The summed E-state index contributed by atoms with van der Waals surface area (Å²) in [4.78, 5) is 0. The molecule has 0 aliphatic carbocycles. The standard InChI is InChI=1S/C16H44Si5/c1-17-9-5-13-21(14-6-10-18-2,15-7-11-19-3)16-8-12-20-4/h5-20H2,1-4H3. The van der Waals surface area contributed by atoms with Gasteiger partial charge < -0.3 is 0 Å². The molecule has 0 nitrogen and oxygen atoms in total. The molecular formula is C16H44Si5. The fraction of sp³-hybridized carbons (Fsp3) is 1.00. The van der Waals surface area contributed by atoms with Crippen molar-refractivity contribution in [1.82, 2.24) is 0 Å². The lowest BCUT2D eigenvalue weighted by Gasteiger charge is -2.33. The van der Waals surface area contributed by atoms with Crippen LogP contribution < -0.4 is 0 Å². The third kappa shape index (κ3) is 12.2. The zero-order valence-corrected chi connectivity index (χ0v) is 22.5. The minimum Gasteiger partial charge on any atom is -0.0748 e. The maximum Gasteiger partial charge on any atom is 0.0535 e. The molecule has 0 unspecified atom stereocenters. The molecule has 0 aliphatic heterocycles. The second-order valence-electron chi connectivity index (χ2n) is 7.33. The van der Waals surface area contributed by atoms with E-state index in [1.165, 1.54) is 0 Å². The Morgan fingerprint density at radius 3 is 0.905 bits per heavy atom. The molecule has 0 bridgehead atoms. The first-order valence-electron chi connectivity index (χ1n) is 10.2. The van der Waals surface area contributed by atoms with Crippen LogP contribution in [-0.2, 0) is 0 Å². The van der Waals surface area contributed by atoms with Gasteiger partial charge in [0.15, 0.2) is 0 Å². The molecule has 0 aromatic carbocycles. The van der Waals surface area contributed by atoms with Crippen LogP contribution in [0, 0.1) is 0 Å². The van der Waals surface area contributed by atoms with Gasteiger partial charge in [-0.1, -0.05) is 100 Å². The van der Waals surface area contributed by atoms with Crippen LogP contribution in [0.2, 0.25) is 74.5 Å². The highest BCUT2D eigenvalue weighted by atomic mass is 28.3. The Labute approximate surface area is 146 Å². The van der Waals surface area contributed by atoms with Crippen molar-refractivity contribution < 1.29 is 0 Å². The number of rotatable bonds is 16. The zero-order valence-electron chi connectivity index (χ0n) is 15.8. The molecule has 128 valence electrons. The summed E-state index contributed by atoms with van der Waals surface area (Å²) in [6.07, 6.45) is 6.52. The molecule has 0 rings (SSSR count). The molecule has 0 N–H and O–H groups in total. The van der Waals surface area contributed by atoms with E-state index in [2.05, 4.69) is 26.2 Å². The van der Waals surface area contributed by atoms with Crippen LogP contribution in [0.4, 0.5) is 0 Å². The van der Waals surface area contributed by atoms with E-state index in [-0.39, 0.29) is 0 Å². The van der Waals surface area contributed by atoms with Gasteiger partial charge >= 0.3 is 0 Å². The smallest absolute Gasteiger partial charge is 0.0535 e. The van der Waals surface area contributed by atoms with E-state index in [0.717, 1.165) is 0 Å². The van der Waals surface area contributed by atoms with Crippen LogP contribution in [0.5, 0.6) is 0 Å². The Balaban J connectivity index is 4.52. The minimum atomic E-state index is -0.856. The summed E-state index contributed by atoms with van der Waals surface area (Å²) in [5, 5.41) is 0. The molecule has 0 aromatic rings. The van der Waals surface area contributed by atoms with E-state index in [4.69, 9.17) is 0 Å². The normalized spacial score (nSPS) is 16.6. The van der Waals surface area contributed by atoms with Crippen molar-refractivity contribution in [3.8, 4) is 0 Å². The molecular weight excluding hydrogens is 333 g/mol. The molecule has 0 fully saturated rings. The van der Waals surface area contributed by atoms with Crippen molar-refractivity contribution in [3.05, 3.63) is 0 Å². The Morgan fingerprint density at radius 2 is 0.714 bits per heavy atom.